The number of hydrogen-bond donors (Lipinski definition) is 2. The molecule has 7 nitrogen and oxygen atoms in total. The summed E-state index contributed by atoms with van der Waals surface area (Å²) >= 11 is 0. The Morgan fingerprint density at radius 2 is 1.88 bits per heavy atom. The molecule has 2 unspecified atom stereocenters. The summed E-state index contributed by atoms with van der Waals surface area (Å²) in [6, 6.07) is 0. The molecule has 0 aromatic heterocycles. The van der Waals surface area contributed by atoms with Crippen LogP contribution in [0.2, 0.25) is 0 Å². The van der Waals surface area contributed by atoms with Crippen LogP contribution in [-0.2, 0) is 20.0 Å². The van der Waals surface area contributed by atoms with Crippen molar-refractivity contribution in [1.29, 1.82) is 0 Å². The number of nitrogens with zero attached hydrogens (tertiary/aromatic N) is 1. The zero-order valence-corrected chi connectivity index (χ0v) is 10.2. The summed E-state index contributed by atoms with van der Waals surface area (Å²) in [5.41, 5.74) is 0. The van der Waals surface area contributed by atoms with Gasteiger partial charge in [-0.25, -0.2) is 27.1 Å². The molecule has 0 aromatic rings. The fourth-order valence-corrected chi connectivity index (χ4v) is 4.49. The average molecular weight is 267 g/mol. The van der Waals surface area contributed by atoms with Crippen LogP contribution in [0.4, 0.5) is 0 Å². The van der Waals surface area contributed by atoms with E-state index in [0.717, 1.165) is 0 Å². The molecule has 0 saturated carbocycles. The number of aliphatic imine (C=N–C) groups is 1. The first kappa shape index (κ1) is 13.3. The highest BCUT2D eigenvalue weighted by molar-refractivity contribution is 7.94. The van der Waals surface area contributed by atoms with Crippen LogP contribution in [-0.4, -0.2) is 33.2 Å². The first-order chi connectivity index (χ1) is 7.15. The van der Waals surface area contributed by atoms with Gasteiger partial charge in [-0.15, -0.1) is 0 Å². The first-order valence-corrected chi connectivity index (χ1v) is 7.55. The van der Waals surface area contributed by atoms with E-state index in [-0.39, 0.29) is 6.42 Å². The van der Waals surface area contributed by atoms with Gasteiger partial charge in [-0.2, -0.15) is 0 Å². The van der Waals surface area contributed by atoms with Crippen LogP contribution in [0.1, 0.15) is 13.3 Å². The molecule has 9 heteroatoms. The number of primary sulfonamides is 2. The van der Waals surface area contributed by atoms with Gasteiger partial charge < -0.3 is 0 Å². The summed E-state index contributed by atoms with van der Waals surface area (Å²) in [5.74, 6) is 0. The van der Waals surface area contributed by atoms with Crippen LogP contribution in [0.3, 0.4) is 0 Å². The molecule has 0 spiro atoms. The van der Waals surface area contributed by atoms with Crippen LogP contribution >= 0.6 is 0 Å². The third-order valence-electron chi connectivity index (χ3n) is 2.50. The van der Waals surface area contributed by atoms with E-state index in [4.69, 9.17) is 10.3 Å². The van der Waals surface area contributed by atoms with Gasteiger partial charge >= 0.3 is 0 Å². The van der Waals surface area contributed by atoms with E-state index >= 15 is 0 Å². The number of rotatable bonds is 3. The molecule has 0 saturated heterocycles. The molecule has 16 heavy (non-hydrogen) atoms. The van der Waals surface area contributed by atoms with Crippen LogP contribution in [0.5, 0.6) is 0 Å². The molecule has 1 heterocycles. The van der Waals surface area contributed by atoms with Crippen molar-refractivity contribution in [3.8, 4) is 0 Å². The van der Waals surface area contributed by atoms with Gasteiger partial charge in [-0.1, -0.05) is 13.0 Å². The molecule has 0 fully saturated rings. The molecule has 1 aliphatic heterocycles. The van der Waals surface area contributed by atoms with Crippen LogP contribution in [0.15, 0.2) is 17.1 Å². The standard InChI is InChI=1S/C7H13N3O4S2/c1-2-7(16(9,13)14)4-3-5-10-6(7)15(8,11)12/h3-6H,2H2,1H3,(H2,8,11,12)(H2,9,13,14). The fraction of sp³-hybridized carbons (Fsp3) is 0.571. The van der Waals surface area contributed by atoms with Crippen molar-refractivity contribution in [1.82, 2.24) is 0 Å². The second-order valence-corrected chi connectivity index (χ2v) is 6.93. The SMILES string of the molecule is CCC1(S(N)(=O)=O)C=CC=NC1S(N)(=O)=O. The minimum Gasteiger partial charge on any atom is -0.270 e. The number of allylic oxidation sites excluding steroid dienone is 1. The molecule has 0 aromatic carbocycles. The molecule has 4 N–H and O–H groups in total. The lowest BCUT2D eigenvalue weighted by Gasteiger charge is -2.32. The maximum absolute atomic E-state index is 11.5. The van der Waals surface area contributed by atoms with E-state index in [9.17, 15) is 16.8 Å². The van der Waals surface area contributed by atoms with Gasteiger partial charge in [0.25, 0.3) is 0 Å². The first-order valence-electron chi connectivity index (χ1n) is 4.40. The van der Waals surface area contributed by atoms with Gasteiger partial charge in [0.1, 0.15) is 4.75 Å². The smallest absolute Gasteiger partial charge is 0.234 e. The van der Waals surface area contributed by atoms with Crippen molar-refractivity contribution in [2.45, 2.75) is 23.5 Å². The lowest BCUT2D eigenvalue weighted by Crippen LogP contribution is -2.55. The lowest BCUT2D eigenvalue weighted by atomic mass is 10.0. The van der Waals surface area contributed by atoms with E-state index < -0.39 is 30.2 Å². The molecule has 92 valence electrons. The zero-order chi connectivity index (χ0) is 12.6. The minimum absolute atomic E-state index is 0.0270. The maximum Gasteiger partial charge on any atom is 0.234 e. The molecule has 0 bridgehead atoms. The third kappa shape index (κ3) is 2.03. The quantitative estimate of drug-likeness (QED) is 0.656. The minimum atomic E-state index is -4.14. The van der Waals surface area contributed by atoms with E-state index in [1.54, 1.807) is 0 Å². The van der Waals surface area contributed by atoms with Crippen molar-refractivity contribution in [2.24, 2.45) is 15.3 Å². The monoisotopic (exact) mass is 267 g/mol. The van der Waals surface area contributed by atoms with Gasteiger partial charge in [0, 0.05) is 6.21 Å². The van der Waals surface area contributed by atoms with Gasteiger partial charge in [-0.3, -0.25) is 4.99 Å². The molecule has 0 aliphatic carbocycles. The molecule has 0 amide bonds. The molecule has 1 rings (SSSR count). The topological polar surface area (TPSA) is 133 Å². The molecule has 1 aliphatic rings. The Kier molecular flexibility index (Phi) is 3.25. The summed E-state index contributed by atoms with van der Waals surface area (Å²) in [5, 5.41) is 8.44. The van der Waals surface area contributed by atoms with Gasteiger partial charge in [0.15, 0.2) is 5.37 Å². The van der Waals surface area contributed by atoms with Crippen molar-refractivity contribution >= 4 is 26.3 Å². The summed E-state index contributed by atoms with van der Waals surface area (Å²) < 4.78 is 43.9. The Morgan fingerprint density at radius 3 is 2.19 bits per heavy atom. The molecule has 2 atom stereocenters. The number of dihydropyridines is 1. The summed E-state index contributed by atoms with van der Waals surface area (Å²) in [7, 11) is -8.27. The summed E-state index contributed by atoms with van der Waals surface area (Å²) in [4.78, 5) is 3.61. The average Bonchev–Trinajstić information content (AvgIpc) is 2.14. The van der Waals surface area contributed by atoms with E-state index in [1.165, 1.54) is 25.3 Å². The summed E-state index contributed by atoms with van der Waals surface area (Å²) in [6.07, 6.45) is 3.72. The molecular formula is C7H13N3O4S2. The largest absolute Gasteiger partial charge is 0.270 e. The normalized spacial score (nSPS) is 30.6. The Balaban J connectivity index is 3.50. The second kappa shape index (κ2) is 3.91. The maximum atomic E-state index is 11.5. The third-order valence-corrected chi connectivity index (χ3v) is 5.52. The molecule has 0 radical (unpaired) electrons. The van der Waals surface area contributed by atoms with E-state index in [2.05, 4.69) is 4.99 Å². The van der Waals surface area contributed by atoms with Crippen molar-refractivity contribution in [2.75, 3.05) is 0 Å². The zero-order valence-electron chi connectivity index (χ0n) is 8.57. The fourth-order valence-electron chi connectivity index (χ4n) is 1.63. The van der Waals surface area contributed by atoms with E-state index in [1.807, 2.05) is 0 Å². The van der Waals surface area contributed by atoms with Crippen molar-refractivity contribution in [3.05, 3.63) is 12.2 Å². The van der Waals surface area contributed by atoms with Crippen molar-refractivity contribution < 1.29 is 16.8 Å². The van der Waals surface area contributed by atoms with Gasteiger partial charge in [0.05, 0.1) is 0 Å². The Labute approximate surface area is 94.3 Å². The lowest BCUT2D eigenvalue weighted by molar-refractivity contribution is 0.511. The Hall–Kier alpha value is -0.770. The number of sulfonamides is 2. The Bertz CT molecular complexity index is 534. The highest BCUT2D eigenvalue weighted by atomic mass is 32.2. The highest BCUT2D eigenvalue weighted by Crippen LogP contribution is 2.32. The predicted molar refractivity (Wildman–Crippen MR) is 60.7 cm³/mol. The van der Waals surface area contributed by atoms with Crippen LogP contribution in [0.25, 0.3) is 0 Å². The highest BCUT2D eigenvalue weighted by Gasteiger charge is 2.51. The number of nitrogens with two attached hydrogens (primary N) is 2. The van der Waals surface area contributed by atoms with E-state index in [0.29, 0.717) is 0 Å². The molecular weight excluding hydrogens is 254 g/mol. The second-order valence-electron chi connectivity index (χ2n) is 3.45. The number of hydrogen-bond acceptors (Lipinski definition) is 5. The van der Waals surface area contributed by atoms with Crippen LogP contribution < -0.4 is 10.3 Å². The summed E-state index contributed by atoms with van der Waals surface area (Å²) in [6.45, 7) is 1.51. The van der Waals surface area contributed by atoms with Crippen molar-refractivity contribution in [3.63, 3.8) is 0 Å². The van der Waals surface area contributed by atoms with Crippen LogP contribution in [0, 0.1) is 0 Å². The van der Waals surface area contributed by atoms with Gasteiger partial charge in [-0.05, 0) is 12.5 Å². The Morgan fingerprint density at radius 1 is 1.31 bits per heavy atom. The van der Waals surface area contributed by atoms with Gasteiger partial charge in [0.2, 0.25) is 20.0 Å². The predicted octanol–water partition coefficient (Wildman–Crippen LogP) is -1.32.